The fraction of sp³-hybridized carbons (Fsp3) is 0.500. The molecule has 0 aromatic heterocycles. The van der Waals surface area contributed by atoms with Crippen LogP contribution in [0.15, 0.2) is 18.2 Å². The standard InChI is InChI=1S/C12H17FN2O/c1-16-10-7-3-6-9(13)11(10)12(15-14)8-4-2-5-8/h3,6-8,12,15H,2,4-5,14H2,1H3. The molecule has 0 spiro atoms. The van der Waals surface area contributed by atoms with Gasteiger partial charge in [-0.25, -0.2) is 4.39 Å². The van der Waals surface area contributed by atoms with Crippen LogP contribution in [0, 0.1) is 11.7 Å². The van der Waals surface area contributed by atoms with E-state index in [0.717, 1.165) is 12.8 Å². The maximum absolute atomic E-state index is 13.8. The Labute approximate surface area is 94.8 Å². The molecule has 0 bridgehead atoms. The van der Waals surface area contributed by atoms with Gasteiger partial charge < -0.3 is 4.74 Å². The lowest BCUT2D eigenvalue weighted by Crippen LogP contribution is -2.37. The van der Waals surface area contributed by atoms with E-state index in [9.17, 15) is 4.39 Å². The van der Waals surface area contributed by atoms with E-state index < -0.39 is 0 Å². The molecule has 1 atom stereocenters. The van der Waals surface area contributed by atoms with Crippen LogP contribution in [-0.2, 0) is 0 Å². The quantitative estimate of drug-likeness (QED) is 0.608. The molecule has 0 aliphatic heterocycles. The summed E-state index contributed by atoms with van der Waals surface area (Å²) in [5.41, 5.74) is 3.27. The van der Waals surface area contributed by atoms with Crippen molar-refractivity contribution in [2.45, 2.75) is 25.3 Å². The Bertz CT molecular complexity index is 366. The molecule has 0 radical (unpaired) electrons. The van der Waals surface area contributed by atoms with E-state index in [4.69, 9.17) is 10.6 Å². The first-order chi connectivity index (χ1) is 7.77. The van der Waals surface area contributed by atoms with Crippen LogP contribution in [0.3, 0.4) is 0 Å². The Balaban J connectivity index is 2.35. The van der Waals surface area contributed by atoms with E-state index in [-0.39, 0.29) is 11.9 Å². The van der Waals surface area contributed by atoms with Crippen LogP contribution in [0.5, 0.6) is 5.75 Å². The normalized spacial score (nSPS) is 17.9. The van der Waals surface area contributed by atoms with Gasteiger partial charge >= 0.3 is 0 Å². The molecule has 1 fully saturated rings. The van der Waals surface area contributed by atoms with Crippen molar-refractivity contribution in [3.63, 3.8) is 0 Å². The summed E-state index contributed by atoms with van der Waals surface area (Å²) in [6.07, 6.45) is 3.37. The number of hydrogen-bond donors (Lipinski definition) is 2. The number of methoxy groups -OCH3 is 1. The molecular formula is C12H17FN2O. The monoisotopic (exact) mass is 224 g/mol. The van der Waals surface area contributed by atoms with Gasteiger partial charge in [-0.3, -0.25) is 11.3 Å². The molecule has 1 aromatic rings. The van der Waals surface area contributed by atoms with Crippen molar-refractivity contribution in [3.05, 3.63) is 29.6 Å². The molecule has 4 heteroatoms. The molecule has 3 nitrogen and oxygen atoms in total. The summed E-state index contributed by atoms with van der Waals surface area (Å²) in [4.78, 5) is 0. The van der Waals surface area contributed by atoms with E-state index in [1.54, 1.807) is 19.2 Å². The zero-order valence-corrected chi connectivity index (χ0v) is 9.37. The minimum atomic E-state index is -0.255. The number of halogens is 1. The Kier molecular flexibility index (Phi) is 3.41. The molecule has 0 heterocycles. The fourth-order valence-electron chi connectivity index (χ4n) is 2.23. The van der Waals surface area contributed by atoms with Crippen LogP contribution in [0.2, 0.25) is 0 Å². The first-order valence-corrected chi connectivity index (χ1v) is 5.56. The summed E-state index contributed by atoms with van der Waals surface area (Å²) in [7, 11) is 1.55. The van der Waals surface area contributed by atoms with Gasteiger partial charge in [-0.05, 0) is 30.9 Å². The smallest absolute Gasteiger partial charge is 0.131 e. The second-order valence-corrected chi connectivity index (χ2v) is 4.19. The van der Waals surface area contributed by atoms with Crippen molar-refractivity contribution in [2.75, 3.05) is 7.11 Å². The second-order valence-electron chi connectivity index (χ2n) is 4.19. The van der Waals surface area contributed by atoms with E-state index in [1.807, 2.05) is 0 Å². The van der Waals surface area contributed by atoms with Gasteiger partial charge in [0.05, 0.1) is 13.2 Å². The lowest BCUT2D eigenvalue weighted by molar-refractivity contribution is 0.223. The van der Waals surface area contributed by atoms with E-state index in [0.29, 0.717) is 17.2 Å². The van der Waals surface area contributed by atoms with Gasteiger partial charge in [0.2, 0.25) is 0 Å². The maximum Gasteiger partial charge on any atom is 0.131 e. The van der Waals surface area contributed by atoms with Gasteiger partial charge in [0.15, 0.2) is 0 Å². The number of nitrogens with two attached hydrogens (primary N) is 1. The Morgan fingerprint density at radius 1 is 1.50 bits per heavy atom. The van der Waals surface area contributed by atoms with Crippen LogP contribution in [0.4, 0.5) is 4.39 Å². The molecule has 0 saturated heterocycles. The lowest BCUT2D eigenvalue weighted by atomic mass is 9.77. The van der Waals surface area contributed by atoms with Crippen LogP contribution in [-0.4, -0.2) is 7.11 Å². The summed E-state index contributed by atoms with van der Waals surface area (Å²) < 4.78 is 19.0. The van der Waals surface area contributed by atoms with Crippen molar-refractivity contribution < 1.29 is 9.13 Å². The summed E-state index contributed by atoms with van der Waals surface area (Å²) in [5, 5.41) is 0. The van der Waals surface area contributed by atoms with E-state index >= 15 is 0 Å². The first-order valence-electron chi connectivity index (χ1n) is 5.56. The SMILES string of the molecule is COc1cccc(F)c1C(NN)C1CCC1. The van der Waals surface area contributed by atoms with Gasteiger partial charge in [-0.15, -0.1) is 0 Å². The third kappa shape index (κ3) is 1.90. The molecule has 1 aromatic carbocycles. The third-order valence-corrected chi connectivity index (χ3v) is 3.34. The molecule has 3 N–H and O–H groups in total. The van der Waals surface area contributed by atoms with Gasteiger partial charge in [-0.2, -0.15) is 0 Å². The number of rotatable bonds is 4. The van der Waals surface area contributed by atoms with Gasteiger partial charge in [-0.1, -0.05) is 12.5 Å². The number of hydrogen-bond acceptors (Lipinski definition) is 3. The molecule has 0 amide bonds. The van der Waals surface area contributed by atoms with Crippen LogP contribution >= 0.6 is 0 Å². The zero-order valence-electron chi connectivity index (χ0n) is 9.37. The molecule has 88 valence electrons. The Hall–Kier alpha value is -1.13. The topological polar surface area (TPSA) is 47.3 Å². The largest absolute Gasteiger partial charge is 0.496 e. The second kappa shape index (κ2) is 4.80. The van der Waals surface area contributed by atoms with Crippen molar-refractivity contribution >= 4 is 0 Å². The highest BCUT2D eigenvalue weighted by Crippen LogP contribution is 2.41. The highest BCUT2D eigenvalue weighted by Gasteiger charge is 2.31. The number of benzene rings is 1. The maximum atomic E-state index is 13.8. The van der Waals surface area contributed by atoms with Gasteiger partial charge in [0.1, 0.15) is 11.6 Å². The summed E-state index contributed by atoms with van der Waals surface area (Å²) in [6, 6.07) is 4.71. The van der Waals surface area contributed by atoms with Crippen LogP contribution in [0.1, 0.15) is 30.9 Å². The van der Waals surface area contributed by atoms with Crippen molar-refractivity contribution in [3.8, 4) is 5.75 Å². The molecular weight excluding hydrogens is 207 g/mol. The van der Waals surface area contributed by atoms with Gasteiger partial charge in [0.25, 0.3) is 0 Å². The van der Waals surface area contributed by atoms with Gasteiger partial charge in [0, 0.05) is 5.56 Å². The number of hydrazine groups is 1. The number of ether oxygens (including phenoxy) is 1. The van der Waals surface area contributed by atoms with Crippen molar-refractivity contribution in [1.82, 2.24) is 5.43 Å². The average molecular weight is 224 g/mol. The molecule has 1 aliphatic carbocycles. The highest BCUT2D eigenvalue weighted by atomic mass is 19.1. The lowest BCUT2D eigenvalue weighted by Gasteiger charge is -2.34. The molecule has 2 rings (SSSR count). The predicted molar refractivity (Wildman–Crippen MR) is 60.4 cm³/mol. The number of nitrogens with one attached hydrogen (secondary N) is 1. The molecule has 1 unspecified atom stereocenters. The van der Waals surface area contributed by atoms with E-state index in [2.05, 4.69) is 5.43 Å². The highest BCUT2D eigenvalue weighted by molar-refractivity contribution is 5.37. The first kappa shape index (κ1) is 11.4. The molecule has 16 heavy (non-hydrogen) atoms. The third-order valence-electron chi connectivity index (χ3n) is 3.34. The summed E-state index contributed by atoms with van der Waals surface area (Å²) in [5.74, 6) is 6.26. The molecule has 1 saturated carbocycles. The Morgan fingerprint density at radius 3 is 2.75 bits per heavy atom. The van der Waals surface area contributed by atoms with Crippen LogP contribution < -0.4 is 16.0 Å². The van der Waals surface area contributed by atoms with E-state index in [1.165, 1.54) is 12.5 Å². The minimum absolute atomic E-state index is 0.148. The van der Waals surface area contributed by atoms with Crippen molar-refractivity contribution in [2.24, 2.45) is 11.8 Å². The van der Waals surface area contributed by atoms with Crippen molar-refractivity contribution in [1.29, 1.82) is 0 Å². The fourth-order valence-corrected chi connectivity index (χ4v) is 2.23. The molecule has 1 aliphatic rings. The summed E-state index contributed by atoms with van der Waals surface area (Å²) in [6.45, 7) is 0. The zero-order chi connectivity index (χ0) is 11.5. The Morgan fingerprint density at radius 2 is 2.25 bits per heavy atom. The summed E-state index contributed by atoms with van der Waals surface area (Å²) >= 11 is 0. The average Bonchev–Trinajstić information content (AvgIpc) is 2.23. The minimum Gasteiger partial charge on any atom is -0.496 e. The predicted octanol–water partition coefficient (Wildman–Crippen LogP) is 2.14. The van der Waals surface area contributed by atoms with Crippen LogP contribution in [0.25, 0.3) is 0 Å².